The van der Waals surface area contributed by atoms with E-state index in [9.17, 15) is 27.6 Å². The highest BCUT2D eigenvalue weighted by Gasteiger charge is 2.39. The molecule has 12 heteroatoms. The fraction of sp³-hybridized carbons (Fsp3) is 0.357. The maximum absolute atomic E-state index is 13.8. The van der Waals surface area contributed by atoms with Crippen LogP contribution in [0, 0.1) is 0 Å². The van der Waals surface area contributed by atoms with Gasteiger partial charge in [0.2, 0.25) is 5.91 Å². The summed E-state index contributed by atoms with van der Waals surface area (Å²) in [5, 5.41) is 6.89. The molecule has 2 aliphatic heterocycles. The summed E-state index contributed by atoms with van der Waals surface area (Å²) in [6.07, 6.45) is -4.33. The first-order valence-electron chi connectivity index (χ1n) is 12.8. The van der Waals surface area contributed by atoms with Crippen molar-refractivity contribution in [3.63, 3.8) is 0 Å². The largest absolute Gasteiger partial charge is 0.417 e. The van der Waals surface area contributed by atoms with Gasteiger partial charge in [-0.3, -0.25) is 19.1 Å². The number of benzene rings is 2. The van der Waals surface area contributed by atoms with Crippen molar-refractivity contribution in [2.24, 2.45) is 0 Å². The highest BCUT2D eigenvalue weighted by molar-refractivity contribution is 6.31. The average Bonchev–Trinajstić information content (AvgIpc) is 3.25. The summed E-state index contributed by atoms with van der Waals surface area (Å²) in [6.45, 7) is 6.10. The third kappa shape index (κ3) is 5.05. The second-order valence-corrected chi connectivity index (χ2v) is 10.6. The Hall–Kier alpha value is -3.86. The molecule has 3 amide bonds. The van der Waals surface area contributed by atoms with Crippen LogP contribution < -0.4 is 5.32 Å². The highest BCUT2D eigenvalue weighted by Crippen LogP contribution is 2.37. The average molecular weight is 574 g/mol. The van der Waals surface area contributed by atoms with E-state index >= 15 is 0 Å². The van der Waals surface area contributed by atoms with Gasteiger partial charge in [-0.1, -0.05) is 23.7 Å². The number of nitrogens with zero attached hydrogens (tertiary/aromatic N) is 4. The summed E-state index contributed by atoms with van der Waals surface area (Å²) in [5.41, 5.74) is 2.05. The number of carbonyl (C=O) groups is 3. The van der Waals surface area contributed by atoms with Crippen molar-refractivity contribution in [2.45, 2.75) is 58.5 Å². The van der Waals surface area contributed by atoms with Gasteiger partial charge in [0.05, 0.1) is 35.4 Å². The first-order valence-corrected chi connectivity index (χ1v) is 13.2. The zero-order valence-electron chi connectivity index (χ0n) is 22.1. The fourth-order valence-corrected chi connectivity index (χ4v) is 5.57. The van der Waals surface area contributed by atoms with Crippen LogP contribution >= 0.6 is 11.6 Å². The summed E-state index contributed by atoms with van der Waals surface area (Å²) in [5.74, 6) is -0.983. The van der Waals surface area contributed by atoms with Crippen molar-refractivity contribution in [1.29, 1.82) is 0 Å². The fourth-order valence-electron chi connectivity index (χ4n) is 5.35. The summed E-state index contributed by atoms with van der Waals surface area (Å²) < 4.78 is 41.9. The van der Waals surface area contributed by atoms with Gasteiger partial charge in [0.25, 0.3) is 11.8 Å². The van der Waals surface area contributed by atoms with Crippen LogP contribution in [0.15, 0.2) is 42.5 Å². The molecule has 0 fully saturated rings. The molecule has 1 aromatic heterocycles. The molecule has 210 valence electrons. The Morgan fingerprint density at radius 3 is 2.48 bits per heavy atom. The minimum Gasteiger partial charge on any atom is -0.331 e. The Morgan fingerprint density at radius 1 is 1.12 bits per heavy atom. The smallest absolute Gasteiger partial charge is 0.331 e. The van der Waals surface area contributed by atoms with E-state index in [4.69, 9.17) is 11.6 Å². The number of carbonyl (C=O) groups excluding carboxylic acids is 3. The summed E-state index contributed by atoms with van der Waals surface area (Å²) in [6, 6.07) is 9.78. The maximum Gasteiger partial charge on any atom is 0.417 e. The summed E-state index contributed by atoms with van der Waals surface area (Å²) in [4.78, 5) is 41.7. The van der Waals surface area contributed by atoms with Crippen molar-refractivity contribution in [3.05, 3.63) is 81.1 Å². The normalized spacial score (nSPS) is 17.8. The number of aromatic nitrogens is 2. The minimum absolute atomic E-state index is 0.0496. The molecule has 0 aliphatic carbocycles. The zero-order valence-corrected chi connectivity index (χ0v) is 22.8. The molecular formula is C28H27ClF3N5O3. The van der Waals surface area contributed by atoms with E-state index in [-0.39, 0.29) is 36.0 Å². The lowest BCUT2D eigenvalue weighted by molar-refractivity contribution is -0.137. The van der Waals surface area contributed by atoms with Crippen LogP contribution in [0.1, 0.15) is 70.0 Å². The van der Waals surface area contributed by atoms with Crippen molar-refractivity contribution in [1.82, 2.24) is 19.6 Å². The van der Waals surface area contributed by atoms with Crippen LogP contribution in [0.4, 0.5) is 18.9 Å². The molecule has 0 bridgehead atoms. The van der Waals surface area contributed by atoms with Crippen LogP contribution in [0.5, 0.6) is 0 Å². The van der Waals surface area contributed by atoms with Crippen molar-refractivity contribution in [2.75, 3.05) is 11.9 Å². The molecule has 40 heavy (non-hydrogen) atoms. The van der Waals surface area contributed by atoms with Gasteiger partial charge < -0.3 is 15.1 Å². The lowest BCUT2D eigenvalue weighted by Gasteiger charge is -2.35. The van der Waals surface area contributed by atoms with Crippen LogP contribution in [0.2, 0.25) is 5.02 Å². The van der Waals surface area contributed by atoms with Crippen LogP contribution in [0.25, 0.3) is 0 Å². The second kappa shape index (κ2) is 10.3. The van der Waals surface area contributed by atoms with Gasteiger partial charge in [-0.05, 0) is 49.7 Å². The van der Waals surface area contributed by atoms with Crippen LogP contribution in [-0.4, -0.2) is 49.9 Å². The maximum atomic E-state index is 13.8. The van der Waals surface area contributed by atoms with Gasteiger partial charge in [0, 0.05) is 42.7 Å². The first-order chi connectivity index (χ1) is 18.8. The molecule has 2 atom stereocenters. The van der Waals surface area contributed by atoms with E-state index in [2.05, 4.69) is 10.4 Å². The topological polar surface area (TPSA) is 87.5 Å². The Balaban J connectivity index is 1.40. The van der Waals surface area contributed by atoms with E-state index in [1.807, 2.05) is 19.1 Å². The Kier molecular flexibility index (Phi) is 7.11. The minimum atomic E-state index is -4.70. The number of hydrogen-bond acceptors (Lipinski definition) is 4. The van der Waals surface area contributed by atoms with Gasteiger partial charge in [-0.25, -0.2) is 0 Å². The first kappa shape index (κ1) is 27.7. The molecule has 0 spiro atoms. The lowest BCUT2D eigenvalue weighted by atomic mass is 9.96. The van der Waals surface area contributed by atoms with Crippen LogP contribution in [-0.2, 0) is 30.5 Å². The van der Waals surface area contributed by atoms with Gasteiger partial charge >= 0.3 is 6.18 Å². The number of nitrogens with one attached hydrogen (secondary N) is 1. The number of hydrogen-bond donors (Lipinski definition) is 1. The molecule has 0 saturated heterocycles. The number of halogens is 4. The molecule has 3 heterocycles. The third-order valence-electron chi connectivity index (χ3n) is 7.46. The molecule has 3 aromatic rings. The lowest BCUT2D eigenvalue weighted by Crippen LogP contribution is -2.44. The van der Waals surface area contributed by atoms with Crippen molar-refractivity contribution < 1.29 is 27.6 Å². The van der Waals surface area contributed by atoms with Crippen molar-refractivity contribution in [3.8, 4) is 0 Å². The Morgan fingerprint density at radius 2 is 1.82 bits per heavy atom. The van der Waals surface area contributed by atoms with E-state index in [0.29, 0.717) is 42.1 Å². The third-order valence-corrected chi connectivity index (χ3v) is 7.79. The van der Waals surface area contributed by atoms with Gasteiger partial charge in [-0.2, -0.15) is 18.3 Å². The standard InChI is InChI=1S/C28H27ClF3N5O3/c1-15-12-24-21(14-36(15)26(39)19-6-9-23(29)22(13-19)28(30,31)32)25-27(40)35(10-11-37(25)34-24)16(2)18-4-7-20(8-5-18)33-17(3)38/h4-9,13,15-16H,10-12,14H2,1-3H3,(H,33,38)/t15-,16?/m1/s1. The molecule has 0 saturated carbocycles. The Labute approximate surface area is 233 Å². The molecule has 2 aromatic carbocycles. The summed E-state index contributed by atoms with van der Waals surface area (Å²) >= 11 is 5.74. The molecule has 0 radical (unpaired) electrons. The second-order valence-electron chi connectivity index (χ2n) is 10.2. The molecule has 1 N–H and O–H groups in total. The van der Waals surface area contributed by atoms with Gasteiger partial charge in [0.1, 0.15) is 5.69 Å². The van der Waals surface area contributed by atoms with Crippen LogP contribution in [0.3, 0.4) is 0 Å². The van der Waals surface area contributed by atoms with Crippen molar-refractivity contribution >= 4 is 35.0 Å². The SMILES string of the molecule is CC(=O)Nc1ccc(C(C)N2CCn3nc4c(c3C2=O)CN(C(=O)c2ccc(Cl)c(C(F)(F)F)c2)[C@H](C)C4)cc1. The van der Waals surface area contributed by atoms with E-state index in [1.165, 1.54) is 17.9 Å². The Bertz CT molecular complexity index is 1500. The predicted molar refractivity (Wildman–Crippen MR) is 142 cm³/mol. The highest BCUT2D eigenvalue weighted by atomic mass is 35.5. The predicted octanol–water partition coefficient (Wildman–Crippen LogP) is 5.32. The zero-order chi connectivity index (χ0) is 28.9. The number of anilines is 1. The molecule has 2 aliphatic rings. The van der Waals surface area contributed by atoms with E-state index < -0.39 is 22.7 Å². The number of rotatable bonds is 4. The number of alkyl halides is 3. The summed E-state index contributed by atoms with van der Waals surface area (Å²) in [7, 11) is 0. The van der Waals surface area contributed by atoms with Gasteiger partial charge in [0.15, 0.2) is 0 Å². The van der Waals surface area contributed by atoms with Gasteiger partial charge in [-0.15, -0.1) is 0 Å². The van der Waals surface area contributed by atoms with E-state index in [0.717, 1.165) is 17.7 Å². The molecule has 8 nitrogen and oxygen atoms in total. The monoisotopic (exact) mass is 573 g/mol. The quantitative estimate of drug-likeness (QED) is 0.458. The molecule has 5 rings (SSSR count). The molecular weight excluding hydrogens is 547 g/mol. The number of fused-ring (bicyclic) bond motifs is 3. The number of amides is 3. The molecule has 1 unspecified atom stereocenters. The van der Waals surface area contributed by atoms with E-state index in [1.54, 1.807) is 28.6 Å².